The Morgan fingerprint density at radius 1 is 0.846 bits per heavy atom. The van der Waals surface area contributed by atoms with Gasteiger partial charge in [0.1, 0.15) is 5.60 Å². The Hall–Kier alpha value is -1.74. The molecular formula is C23H36N2O. The van der Waals surface area contributed by atoms with Crippen molar-refractivity contribution in [1.29, 1.82) is 0 Å². The van der Waals surface area contributed by atoms with E-state index in [2.05, 4.69) is 70.6 Å². The standard InChI is InChI=1S/C12H19N.C11H17NO/c1-9(2)10-6-7-13-11(8-10)12(3,4)5;1-8(2)9-6-5-7-10(12-9)11(3,4)13/h6-9H,1-5H3;5-8,13H,1-4H3. The highest BCUT2D eigenvalue weighted by atomic mass is 16.3. The molecule has 0 atom stereocenters. The summed E-state index contributed by atoms with van der Waals surface area (Å²) in [5.41, 5.74) is 3.63. The number of pyridine rings is 2. The monoisotopic (exact) mass is 356 g/mol. The molecule has 0 saturated carbocycles. The third-order valence-corrected chi connectivity index (χ3v) is 4.21. The second kappa shape index (κ2) is 8.77. The molecule has 2 heterocycles. The summed E-state index contributed by atoms with van der Waals surface area (Å²) in [7, 11) is 0. The van der Waals surface area contributed by atoms with Crippen molar-refractivity contribution >= 4 is 0 Å². The van der Waals surface area contributed by atoms with Gasteiger partial charge in [-0.25, -0.2) is 0 Å². The molecule has 0 unspecified atom stereocenters. The number of aliphatic hydroxyl groups is 1. The average Bonchev–Trinajstić information content (AvgIpc) is 2.54. The van der Waals surface area contributed by atoms with Gasteiger partial charge in [-0.05, 0) is 55.5 Å². The van der Waals surface area contributed by atoms with Gasteiger partial charge in [-0.3, -0.25) is 9.97 Å². The van der Waals surface area contributed by atoms with E-state index in [0.29, 0.717) is 11.8 Å². The maximum Gasteiger partial charge on any atom is 0.101 e. The van der Waals surface area contributed by atoms with Crippen LogP contribution in [0, 0.1) is 0 Å². The van der Waals surface area contributed by atoms with E-state index in [1.165, 1.54) is 11.3 Å². The van der Waals surface area contributed by atoms with E-state index >= 15 is 0 Å². The fourth-order valence-corrected chi connectivity index (χ4v) is 2.33. The molecule has 3 nitrogen and oxygen atoms in total. The number of rotatable bonds is 3. The largest absolute Gasteiger partial charge is 0.384 e. The molecule has 0 amide bonds. The Balaban J connectivity index is 0.000000260. The molecule has 2 aromatic heterocycles. The summed E-state index contributed by atoms with van der Waals surface area (Å²) in [6, 6.07) is 10.1. The highest BCUT2D eigenvalue weighted by Gasteiger charge is 2.18. The summed E-state index contributed by atoms with van der Waals surface area (Å²) in [5.74, 6) is 0.992. The zero-order valence-corrected chi connectivity index (χ0v) is 18.0. The smallest absolute Gasteiger partial charge is 0.101 e. The molecule has 0 bridgehead atoms. The normalized spacial score (nSPS) is 12.2. The molecule has 144 valence electrons. The van der Waals surface area contributed by atoms with Crippen LogP contribution in [0.2, 0.25) is 0 Å². The first-order valence-corrected chi connectivity index (χ1v) is 9.48. The molecule has 0 aliphatic carbocycles. The summed E-state index contributed by atoms with van der Waals surface area (Å²) >= 11 is 0. The van der Waals surface area contributed by atoms with Crippen LogP contribution in [0.15, 0.2) is 36.5 Å². The predicted octanol–water partition coefficient (Wildman–Crippen LogP) is 5.93. The molecular weight excluding hydrogens is 320 g/mol. The molecule has 0 aliphatic heterocycles. The van der Waals surface area contributed by atoms with Crippen molar-refractivity contribution in [2.75, 3.05) is 0 Å². The number of aromatic nitrogens is 2. The van der Waals surface area contributed by atoms with Crippen molar-refractivity contribution < 1.29 is 5.11 Å². The highest BCUT2D eigenvalue weighted by molar-refractivity contribution is 5.23. The number of hydrogen-bond donors (Lipinski definition) is 1. The lowest BCUT2D eigenvalue weighted by atomic mass is 9.89. The predicted molar refractivity (Wildman–Crippen MR) is 111 cm³/mol. The highest BCUT2D eigenvalue weighted by Crippen LogP contribution is 2.23. The van der Waals surface area contributed by atoms with Crippen molar-refractivity contribution in [3.8, 4) is 0 Å². The van der Waals surface area contributed by atoms with Crippen LogP contribution in [-0.2, 0) is 11.0 Å². The van der Waals surface area contributed by atoms with Gasteiger partial charge in [0.25, 0.3) is 0 Å². The van der Waals surface area contributed by atoms with E-state index in [-0.39, 0.29) is 5.41 Å². The minimum atomic E-state index is -0.842. The van der Waals surface area contributed by atoms with Crippen LogP contribution in [0.3, 0.4) is 0 Å². The molecule has 2 rings (SSSR count). The molecule has 0 saturated heterocycles. The third kappa shape index (κ3) is 6.87. The molecule has 2 aromatic rings. The van der Waals surface area contributed by atoms with E-state index in [9.17, 15) is 5.11 Å². The van der Waals surface area contributed by atoms with Gasteiger partial charge in [-0.1, -0.05) is 54.5 Å². The van der Waals surface area contributed by atoms with Gasteiger partial charge in [0.2, 0.25) is 0 Å². The zero-order valence-electron chi connectivity index (χ0n) is 18.0. The van der Waals surface area contributed by atoms with Crippen molar-refractivity contribution in [3.05, 3.63) is 59.2 Å². The lowest BCUT2D eigenvalue weighted by Gasteiger charge is -2.19. The van der Waals surface area contributed by atoms with Gasteiger partial charge in [0.15, 0.2) is 0 Å². The summed E-state index contributed by atoms with van der Waals surface area (Å²) in [6.45, 7) is 18.7. The van der Waals surface area contributed by atoms with Crippen LogP contribution in [0.25, 0.3) is 0 Å². The van der Waals surface area contributed by atoms with Crippen LogP contribution in [-0.4, -0.2) is 15.1 Å². The molecule has 1 N–H and O–H groups in total. The Morgan fingerprint density at radius 3 is 1.92 bits per heavy atom. The topological polar surface area (TPSA) is 46.0 Å². The molecule has 3 heteroatoms. The van der Waals surface area contributed by atoms with E-state index in [1.54, 1.807) is 13.8 Å². The van der Waals surface area contributed by atoms with E-state index < -0.39 is 5.60 Å². The first kappa shape index (κ1) is 22.3. The SMILES string of the molecule is CC(C)c1cccc(C(C)(C)O)n1.CC(C)c1ccnc(C(C)(C)C)c1. The van der Waals surface area contributed by atoms with E-state index in [1.807, 2.05) is 24.4 Å². The second-order valence-electron chi connectivity index (χ2n) is 9.04. The number of nitrogens with zero attached hydrogens (tertiary/aromatic N) is 2. The molecule has 0 aliphatic rings. The van der Waals surface area contributed by atoms with Gasteiger partial charge in [0, 0.05) is 23.0 Å². The van der Waals surface area contributed by atoms with Gasteiger partial charge in [-0.2, -0.15) is 0 Å². The van der Waals surface area contributed by atoms with Gasteiger partial charge in [0.05, 0.1) is 5.69 Å². The van der Waals surface area contributed by atoms with Gasteiger partial charge >= 0.3 is 0 Å². The molecule has 0 aromatic carbocycles. The molecule has 0 fully saturated rings. The maximum atomic E-state index is 9.73. The van der Waals surface area contributed by atoms with Crippen LogP contribution in [0.1, 0.15) is 96.8 Å². The molecule has 26 heavy (non-hydrogen) atoms. The van der Waals surface area contributed by atoms with E-state index in [4.69, 9.17) is 0 Å². The summed E-state index contributed by atoms with van der Waals surface area (Å²) in [5, 5.41) is 9.73. The summed E-state index contributed by atoms with van der Waals surface area (Å²) in [4.78, 5) is 8.79. The Labute approximate surface area is 159 Å². The minimum Gasteiger partial charge on any atom is -0.384 e. The fourth-order valence-electron chi connectivity index (χ4n) is 2.33. The van der Waals surface area contributed by atoms with Crippen LogP contribution in [0.4, 0.5) is 0 Å². The van der Waals surface area contributed by atoms with Crippen molar-refractivity contribution in [2.45, 2.75) is 85.2 Å². The summed E-state index contributed by atoms with van der Waals surface area (Å²) < 4.78 is 0. The first-order valence-electron chi connectivity index (χ1n) is 9.48. The zero-order chi connectivity index (χ0) is 20.1. The Kier molecular flexibility index (Phi) is 7.52. The van der Waals surface area contributed by atoms with Gasteiger partial charge < -0.3 is 5.11 Å². The van der Waals surface area contributed by atoms with Crippen LogP contribution >= 0.6 is 0 Å². The Morgan fingerprint density at radius 2 is 1.46 bits per heavy atom. The van der Waals surface area contributed by atoms with Crippen molar-refractivity contribution in [1.82, 2.24) is 9.97 Å². The fraction of sp³-hybridized carbons (Fsp3) is 0.565. The lowest BCUT2D eigenvalue weighted by molar-refractivity contribution is 0.0736. The average molecular weight is 357 g/mol. The quantitative estimate of drug-likeness (QED) is 0.741. The van der Waals surface area contributed by atoms with Crippen molar-refractivity contribution in [2.24, 2.45) is 0 Å². The molecule has 0 radical (unpaired) electrons. The maximum absolute atomic E-state index is 9.73. The Bertz CT molecular complexity index is 630. The van der Waals surface area contributed by atoms with Crippen LogP contribution < -0.4 is 0 Å². The lowest BCUT2D eigenvalue weighted by Crippen LogP contribution is -2.18. The van der Waals surface area contributed by atoms with Crippen LogP contribution in [0.5, 0.6) is 0 Å². The van der Waals surface area contributed by atoms with Gasteiger partial charge in [-0.15, -0.1) is 0 Å². The van der Waals surface area contributed by atoms with E-state index in [0.717, 1.165) is 11.4 Å². The summed E-state index contributed by atoms with van der Waals surface area (Å²) in [6.07, 6.45) is 1.91. The third-order valence-electron chi connectivity index (χ3n) is 4.21. The minimum absolute atomic E-state index is 0.158. The number of hydrogen-bond acceptors (Lipinski definition) is 3. The van der Waals surface area contributed by atoms with Crippen molar-refractivity contribution in [3.63, 3.8) is 0 Å². The first-order chi connectivity index (χ1) is 11.8. The second-order valence-corrected chi connectivity index (χ2v) is 9.04. The molecule has 0 spiro atoms.